The molecule has 2 unspecified atom stereocenters. The standard InChI is InChI=1S/C13H22ClN3O/c1-4-17-11(13(14)10(3)16-17)8-15-9(2)12-6-5-7-18-12/h9,12,15H,4-8H2,1-3H3. The number of nitrogens with one attached hydrogen (secondary N) is 1. The van der Waals surface area contributed by atoms with Crippen molar-refractivity contribution in [3.05, 3.63) is 16.4 Å². The van der Waals surface area contributed by atoms with E-state index in [4.69, 9.17) is 16.3 Å². The van der Waals surface area contributed by atoms with Crippen LogP contribution in [0.1, 0.15) is 38.1 Å². The normalized spacial score (nSPS) is 21.4. The van der Waals surface area contributed by atoms with Gasteiger partial charge in [0.25, 0.3) is 0 Å². The van der Waals surface area contributed by atoms with Gasteiger partial charge in [-0.1, -0.05) is 11.6 Å². The van der Waals surface area contributed by atoms with Gasteiger partial charge < -0.3 is 10.1 Å². The average Bonchev–Trinajstić information content (AvgIpc) is 2.97. The van der Waals surface area contributed by atoms with Crippen LogP contribution in [0.15, 0.2) is 0 Å². The van der Waals surface area contributed by atoms with Crippen molar-refractivity contribution in [1.82, 2.24) is 15.1 Å². The van der Waals surface area contributed by atoms with Crippen LogP contribution in [0.5, 0.6) is 0 Å². The van der Waals surface area contributed by atoms with E-state index in [-0.39, 0.29) is 0 Å². The fourth-order valence-corrected chi connectivity index (χ4v) is 2.63. The molecule has 1 fully saturated rings. The molecular formula is C13H22ClN3O. The van der Waals surface area contributed by atoms with Crippen molar-refractivity contribution < 1.29 is 4.74 Å². The number of halogens is 1. The molecule has 4 nitrogen and oxygen atoms in total. The molecule has 0 aliphatic carbocycles. The van der Waals surface area contributed by atoms with Crippen LogP contribution in [0.2, 0.25) is 5.02 Å². The largest absolute Gasteiger partial charge is 0.377 e. The third-order valence-corrected chi connectivity index (χ3v) is 4.06. The molecule has 18 heavy (non-hydrogen) atoms. The van der Waals surface area contributed by atoms with Crippen molar-refractivity contribution in [3.8, 4) is 0 Å². The minimum atomic E-state index is 0.336. The second-order valence-electron chi connectivity index (χ2n) is 4.88. The molecule has 1 aromatic rings. The molecule has 1 N–H and O–H groups in total. The van der Waals surface area contributed by atoms with Gasteiger partial charge in [-0.2, -0.15) is 5.10 Å². The van der Waals surface area contributed by atoms with Crippen LogP contribution >= 0.6 is 11.6 Å². The number of hydrogen-bond donors (Lipinski definition) is 1. The van der Waals surface area contributed by atoms with Crippen molar-refractivity contribution in [3.63, 3.8) is 0 Å². The lowest BCUT2D eigenvalue weighted by molar-refractivity contribution is 0.0829. The Balaban J connectivity index is 1.96. The summed E-state index contributed by atoms with van der Waals surface area (Å²) in [6, 6.07) is 0.351. The Kier molecular flexibility index (Phi) is 4.65. The minimum absolute atomic E-state index is 0.336. The van der Waals surface area contributed by atoms with E-state index in [0.717, 1.165) is 42.5 Å². The van der Waals surface area contributed by atoms with Gasteiger partial charge in [0.1, 0.15) is 0 Å². The predicted octanol–water partition coefficient (Wildman–Crippen LogP) is 2.52. The monoisotopic (exact) mass is 271 g/mol. The topological polar surface area (TPSA) is 39.1 Å². The first-order valence-corrected chi connectivity index (χ1v) is 7.08. The molecule has 1 aliphatic heterocycles. The third-order valence-electron chi connectivity index (χ3n) is 3.57. The Morgan fingerprint density at radius 2 is 2.39 bits per heavy atom. The Morgan fingerprint density at radius 1 is 1.61 bits per heavy atom. The fourth-order valence-electron chi connectivity index (χ4n) is 2.42. The lowest BCUT2D eigenvalue weighted by Gasteiger charge is -2.20. The zero-order valence-electron chi connectivity index (χ0n) is 11.4. The van der Waals surface area contributed by atoms with E-state index in [9.17, 15) is 0 Å². The van der Waals surface area contributed by atoms with E-state index in [1.54, 1.807) is 0 Å². The van der Waals surface area contributed by atoms with Crippen LogP contribution in [0, 0.1) is 6.92 Å². The van der Waals surface area contributed by atoms with E-state index >= 15 is 0 Å². The molecule has 1 aliphatic rings. The maximum Gasteiger partial charge on any atom is 0.0860 e. The SMILES string of the molecule is CCn1nc(C)c(Cl)c1CNC(C)C1CCCO1. The molecule has 0 bridgehead atoms. The van der Waals surface area contributed by atoms with Gasteiger partial charge in [-0.3, -0.25) is 4.68 Å². The van der Waals surface area contributed by atoms with Crippen molar-refractivity contribution >= 4 is 11.6 Å². The van der Waals surface area contributed by atoms with Gasteiger partial charge in [0, 0.05) is 25.7 Å². The molecule has 0 aromatic carbocycles. The highest BCUT2D eigenvalue weighted by atomic mass is 35.5. The van der Waals surface area contributed by atoms with Gasteiger partial charge in [-0.15, -0.1) is 0 Å². The first-order valence-electron chi connectivity index (χ1n) is 6.70. The van der Waals surface area contributed by atoms with Crippen LogP contribution in [0.25, 0.3) is 0 Å². The minimum Gasteiger partial charge on any atom is -0.377 e. The number of aromatic nitrogens is 2. The average molecular weight is 272 g/mol. The highest BCUT2D eigenvalue weighted by Gasteiger charge is 2.22. The molecule has 0 amide bonds. The summed E-state index contributed by atoms with van der Waals surface area (Å²) in [6.07, 6.45) is 2.65. The maximum absolute atomic E-state index is 6.28. The lowest BCUT2D eigenvalue weighted by Crippen LogP contribution is -2.37. The van der Waals surface area contributed by atoms with E-state index in [0.29, 0.717) is 12.1 Å². The molecule has 2 heterocycles. The van der Waals surface area contributed by atoms with Gasteiger partial charge in [-0.05, 0) is 33.6 Å². The summed E-state index contributed by atoms with van der Waals surface area (Å²) >= 11 is 6.28. The number of ether oxygens (including phenoxy) is 1. The summed E-state index contributed by atoms with van der Waals surface area (Å²) in [4.78, 5) is 0. The summed E-state index contributed by atoms with van der Waals surface area (Å²) < 4.78 is 7.64. The van der Waals surface area contributed by atoms with Crippen molar-refractivity contribution in [2.45, 2.75) is 58.8 Å². The number of nitrogens with zero attached hydrogens (tertiary/aromatic N) is 2. The molecule has 0 spiro atoms. The third kappa shape index (κ3) is 2.87. The Labute approximate surface area is 114 Å². The van der Waals surface area contributed by atoms with Crippen LogP contribution in [0.4, 0.5) is 0 Å². The fraction of sp³-hybridized carbons (Fsp3) is 0.769. The van der Waals surface area contributed by atoms with Crippen LogP contribution in [-0.4, -0.2) is 28.5 Å². The van der Waals surface area contributed by atoms with Crippen LogP contribution in [-0.2, 0) is 17.8 Å². The quantitative estimate of drug-likeness (QED) is 0.894. The van der Waals surface area contributed by atoms with E-state index in [1.807, 2.05) is 11.6 Å². The Morgan fingerprint density at radius 3 is 3.00 bits per heavy atom. The molecule has 1 aromatic heterocycles. The van der Waals surface area contributed by atoms with Crippen molar-refractivity contribution in [2.24, 2.45) is 0 Å². The smallest absolute Gasteiger partial charge is 0.0860 e. The number of aryl methyl sites for hydroxylation is 2. The summed E-state index contributed by atoms with van der Waals surface area (Å²) in [5.74, 6) is 0. The molecule has 0 radical (unpaired) electrons. The lowest BCUT2D eigenvalue weighted by atomic mass is 10.1. The molecule has 0 saturated carbocycles. The summed E-state index contributed by atoms with van der Waals surface area (Å²) in [7, 11) is 0. The summed E-state index contributed by atoms with van der Waals surface area (Å²) in [6.45, 7) is 8.68. The van der Waals surface area contributed by atoms with Gasteiger partial charge in [-0.25, -0.2) is 0 Å². The second kappa shape index (κ2) is 6.04. The number of hydrogen-bond acceptors (Lipinski definition) is 3. The number of rotatable bonds is 5. The van der Waals surface area contributed by atoms with E-state index < -0.39 is 0 Å². The first kappa shape index (κ1) is 13.8. The van der Waals surface area contributed by atoms with Gasteiger partial charge in [0.05, 0.1) is 22.5 Å². The van der Waals surface area contributed by atoms with E-state index in [1.165, 1.54) is 6.42 Å². The highest BCUT2D eigenvalue weighted by molar-refractivity contribution is 6.31. The molecule has 102 valence electrons. The molecule has 2 rings (SSSR count). The highest BCUT2D eigenvalue weighted by Crippen LogP contribution is 2.21. The van der Waals surface area contributed by atoms with Crippen molar-refractivity contribution in [2.75, 3.05) is 6.61 Å². The zero-order valence-corrected chi connectivity index (χ0v) is 12.1. The Bertz CT molecular complexity index is 399. The molecule has 2 atom stereocenters. The molecule has 1 saturated heterocycles. The summed E-state index contributed by atoms with van der Waals surface area (Å²) in [5.41, 5.74) is 1.97. The Hall–Kier alpha value is -0.580. The summed E-state index contributed by atoms with van der Waals surface area (Å²) in [5, 5.41) is 8.70. The van der Waals surface area contributed by atoms with Gasteiger partial charge in [0.2, 0.25) is 0 Å². The maximum atomic E-state index is 6.28. The second-order valence-corrected chi connectivity index (χ2v) is 5.26. The van der Waals surface area contributed by atoms with E-state index in [2.05, 4.69) is 24.3 Å². The van der Waals surface area contributed by atoms with Crippen LogP contribution < -0.4 is 5.32 Å². The van der Waals surface area contributed by atoms with Gasteiger partial charge in [0.15, 0.2) is 0 Å². The van der Waals surface area contributed by atoms with Crippen LogP contribution in [0.3, 0.4) is 0 Å². The molecule has 5 heteroatoms. The van der Waals surface area contributed by atoms with Crippen molar-refractivity contribution in [1.29, 1.82) is 0 Å². The predicted molar refractivity (Wildman–Crippen MR) is 72.9 cm³/mol. The zero-order chi connectivity index (χ0) is 13.1. The van der Waals surface area contributed by atoms with Gasteiger partial charge >= 0.3 is 0 Å². The molecular weight excluding hydrogens is 250 g/mol. The first-order chi connectivity index (χ1) is 8.63.